The molecule has 98 valence electrons. The predicted octanol–water partition coefficient (Wildman–Crippen LogP) is 0.174. The number of aliphatic hydroxyl groups is 1. The van der Waals surface area contributed by atoms with Crippen molar-refractivity contribution in [3.8, 4) is 0 Å². The molecule has 0 aliphatic carbocycles. The molecule has 18 heavy (non-hydrogen) atoms. The van der Waals surface area contributed by atoms with Crippen LogP contribution in [0.5, 0.6) is 0 Å². The number of carbonyl (C=O) groups excluding carboxylic acids is 1. The van der Waals surface area contributed by atoms with Gasteiger partial charge in [-0.1, -0.05) is 0 Å². The monoisotopic (exact) mass is 250 g/mol. The maximum absolute atomic E-state index is 10.9. The molecule has 1 amide bonds. The first-order valence-electron chi connectivity index (χ1n) is 6.20. The highest BCUT2D eigenvalue weighted by Gasteiger charge is 2.20. The van der Waals surface area contributed by atoms with Crippen molar-refractivity contribution in [2.24, 2.45) is 11.7 Å². The van der Waals surface area contributed by atoms with Crippen LogP contribution in [0.4, 0.5) is 5.82 Å². The third-order valence-electron chi connectivity index (χ3n) is 3.28. The molecule has 6 nitrogen and oxygen atoms in total. The Morgan fingerprint density at radius 1 is 1.50 bits per heavy atom. The molecular formula is C12H18N4O2. The van der Waals surface area contributed by atoms with Gasteiger partial charge in [0.25, 0.3) is 5.91 Å². The highest BCUT2D eigenvalue weighted by atomic mass is 16.3. The topological polar surface area (TPSA) is 92.3 Å². The molecular weight excluding hydrogens is 232 g/mol. The van der Waals surface area contributed by atoms with Crippen molar-refractivity contribution in [2.45, 2.75) is 19.3 Å². The Hall–Kier alpha value is -1.69. The summed E-state index contributed by atoms with van der Waals surface area (Å²) in [6.45, 7) is 2.04. The molecule has 1 unspecified atom stereocenters. The fourth-order valence-electron chi connectivity index (χ4n) is 2.32. The first-order valence-corrected chi connectivity index (χ1v) is 6.20. The van der Waals surface area contributed by atoms with Gasteiger partial charge < -0.3 is 15.7 Å². The number of anilines is 1. The number of hydrogen-bond acceptors (Lipinski definition) is 5. The number of piperidine rings is 1. The minimum absolute atomic E-state index is 0.183. The van der Waals surface area contributed by atoms with Crippen LogP contribution in [0, 0.1) is 5.92 Å². The maximum Gasteiger partial charge on any atom is 0.269 e. The summed E-state index contributed by atoms with van der Waals surface area (Å²) in [6, 6.07) is 3.37. The largest absolute Gasteiger partial charge is 0.396 e. The van der Waals surface area contributed by atoms with E-state index in [1.165, 1.54) is 0 Å². The van der Waals surface area contributed by atoms with E-state index in [2.05, 4.69) is 15.1 Å². The van der Waals surface area contributed by atoms with Gasteiger partial charge in [0.15, 0.2) is 11.5 Å². The summed E-state index contributed by atoms with van der Waals surface area (Å²) in [6.07, 6.45) is 3.05. The molecule has 1 atom stereocenters. The van der Waals surface area contributed by atoms with E-state index in [0.29, 0.717) is 5.92 Å². The van der Waals surface area contributed by atoms with E-state index in [1.807, 2.05) is 0 Å². The van der Waals surface area contributed by atoms with Crippen LogP contribution in [-0.2, 0) is 0 Å². The van der Waals surface area contributed by atoms with Gasteiger partial charge in [-0.2, -0.15) is 0 Å². The molecule has 1 aliphatic rings. The molecule has 1 aromatic heterocycles. The third kappa shape index (κ3) is 2.95. The van der Waals surface area contributed by atoms with Crippen LogP contribution >= 0.6 is 0 Å². The van der Waals surface area contributed by atoms with E-state index < -0.39 is 5.91 Å². The normalized spacial score (nSPS) is 19.8. The highest BCUT2D eigenvalue weighted by Crippen LogP contribution is 2.23. The lowest BCUT2D eigenvalue weighted by molar-refractivity contribution is 0.0994. The van der Waals surface area contributed by atoms with E-state index in [-0.39, 0.29) is 12.3 Å². The molecule has 2 rings (SSSR count). The molecule has 0 aromatic carbocycles. The Morgan fingerprint density at radius 3 is 2.94 bits per heavy atom. The summed E-state index contributed by atoms with van der Waals surface area (Å²) in [5.41, 5.74) is 5.30. The van der Waals surface area contributed by atoms with Gasteiger partial charge in [-0.3, -0.25) is 4.79 Å². The van der Waals surface area contributed by atoms with Gasteiger partial charge >= 0.3 is 0 Å². The maximum atomic E-state index is 10.9. The van der Waals surface area contributed by atoms with Crippen molar-refractivity contribution < 1.29 is 9.90 Å². The zero-order chi connectivity index (χ0) is 13.0. The van der Waals surface area contributed by atoms with E-state index in [0.717, 1.165) is 38.2 Å². The van der Waals surface area contributed by atoms with Crippen molar-refractivity contribution in [1.82, 2.24) is 10.2 Å². The number of aromatic nitrogens is 2. The van der Waals surface area contributed by atoms with Crippen LogP contribution in [0.2, 0.25) is 0 Å². The van der Waals surface area contributed by atoms with Gasteiger partial charge in [-0.25, -0.2) is 0 Å². The van der Waals surface area contributed by atoms with E-state index in [4.69, 9.17) is 10.8 Å². The average Bonchev–Trinajstić information content (AvgIpc) is 2.39. The molecule has 0 radical (unpaired) electrons. The van der Waals surface area contributed by atoms with Gasteiger partial charge in [0, 0.05) is 19.7 Å². The summed E-state index contributed by atoms with van der Waals surface area (Å²) < 4.78 is 0. The van der Waals surface area contributed by atoms with Crippen molar-refractivity contribution in [1.29, 1.82) is 0 Å². The average molecular weight is 250 g/mol. The number of nitrogens with zero attached hydrogens (tertiary/aromatic N) is 3. The number of hydrogen-bond donors (Lipinski definition) is 2. The number of carbonyl (C=O) groups is 1. The van der Waals surface area contributed by atoms with Crippen LogP contribution in [0.1, 0.15) is 29.8 Å². The van der Waals surface area contributed by atoms with E-state index >= 15 is 0 Å². The Morgan fingerprint density at radius 2 is 2.33 bits per heavy atom. The van der Waals surface area contributed by atoms with Gasteiger partial charge in [0.2, 0.25) is 0 Å². The van der Waals surface area contributed by atoms with Crippen LogP contribution in [-0.4, -0.2) is 40.9 Å². The highest BCUT2D eigenvalue weighted by molar-refractivity contribution is 5.90. The number of rotatable bonds is 4. The van der Waals surface area contributed by atoms with Crippen LogP contribution in [0.25, 0.3) is 0 Å². The van der Waals surface area contributed by atoms with Crippen LogP contribution in [0.15, 0.2) is 12.1 Å². The molecule has 1 aromatic rings. The molecule has 1 aliphatic heterocycles. The van der Waals surface area contributed by atoms with Crippen LogP contribution < -0.4 is 10.6 Å². The number of amides is 1. The molecule has 6 heteroatoms. The molecule has 3 N–H and O–H groups in total. The fraction of sp³-hybridized carbons (Fsp3) is 0.583. The molecule has 1 fully saturated rings. The Kier molecular flexibility index (Phi) is 4.09. The molecule has 2 heterocycles. The first kappa shape index (κ1) is 12.8. The first-order chi connectivity index (χ1) is 8.70. The zero-order valence-corrected chi connectivity index (χ0v) is 10.2. The Labute approximate surface area is 106 Å². The van der Waals surface area contributed by atoms with Gasteiger partial charge in [0.05, 0.1) is 0 Å². The second-order valence-corrected chi connectivity index (χ2v) is 4.61. The minimum Gasteiger partial charge on any atom is -0.396 e. The minimum atomic E-state index is -0.564. The standard InChI is InChI=1S/C12H18N4O2/c13-12(18)10-3-4-11(15-14-10)16-6-1-2-9(8-16)5-7-17/h3-4,9,17H,1-2,5-8H2,(H2,13,18). The molecule has 0 saturated carbocycles. The summed E-state index contributed by atoms with van der Waals surface area (Å²) in [5.74, 6) is 0.704. The van der Waals surface area contributed by atoms with Gasteiger partial charge in [-0.05, 0) is 37.3 Å². The summed E-state index contributed by atoms with van der Waals surface area (Å²) in [7, 11) is 0. The SMILES string of the molecule is NC(=O)c1ccc(N2CCCC(CCO)C2)nn1. The zero-order valence-electron chi connectivity index (χ0n) is 10.2. The van der Waals surface area contributed by atoms with Gasteiger partial charge in [-0.15, -0.1) is 10.2 Å². The summed E-state index contributed by atoms with van der Waals surface area (Å²) >= 11 is 0. The van der Waals surface area contributed by atoms with E-state index in [1.54, 1.807) is 12.1 Å². The molecule has 0 bridgehead atoms. The Bertz CT molecular complexity index is 405. The van der Waals surface area contributed by atoms with Gasteiger partial charge in [0.1, 0.15) is 0 Å². The lowest BCUT2D eigenvalue weighted by Gasteiger charge is -2.33. The summed E-state index contributed by atoms with van der Waals surface area (Å²) in [5, 5.41) is 16.8. The lowest BCUT2D eigenvalue weighted by Crippen LogP contribution is -2.36. The summed E-state index contributed by atoms with van der Waals surface area (Å²) in [4.78, 5) is 13.0. The van der Waals surface area contributed by atoms with E-state index in [9.17, 15) is 4.79 Å². The second kappa shape index (κ2) is 5.77. The molecule has 1 saturated heterocycles. The Balaban J connectivity index is 2.04. The smallest absolute Gasteiger partial charge is 0.269 e. The number of nitrogens with two attached hydrogens (primary N) is 1. The lowest BCUT2D eigenvalue weighted by atomic mass is 9.95. The predicted molar refractivity (Wildman–Crippen MR) is 67.2 cm³/mol. The van der Waals surface area contributed by atoms with Crippen molar-refractivity contribution in [2.75, 3.05) is 24.6 Å². The number of primary amides is 1. The third-order valence-corrected chi connectivity index (χ3v) is 3.28. The van der Waals surface area contributed by atoms with Crippen LogP contribution in [0.3, 0.4) is 0 Å². The second-order valence-electron chi connectivity index (χ2n) is 4.61. The molecule has 0 spiro atoms. The van der Waals surface area contributed by atoms with Crippen molar-refractivity contribution in [3.63, 3.8) is 0 Å². The fourth-order valence-corrected chi connectivity index (χ4v) is 2.32. The quantitative estimate of drug-likeness (QED) is 0.795. The van der Waals surface area contributed by atoms with Crippen molar-refractivity contribution in [3.05, 3.63) is 17.8 Å². The van der Waals surface area contributed by atoms with Crippen molar-refractivity contribution >= 4 is 11.7 Å². The number of aliphatic hydroxyl groups excluding tert-OH is 1.